The van der Waals surface area contributed by atoms with E-state index in [2.05, 4.69) is 0 Å². The molecule has 1 unspecified atom stereocenters. The minimum atomic E-state index is -0.638. The molecule has 0 saturated carbocycles. The lowest BCUT2D eigenvalue weighted by atomic mass is 10.00. The maximum Gasteiger partial charge on any atom is 0.0947 e. The summed E-state index contributed by atoms with van der Waals surface area (Å²) in [6.45, 7) is 4.33. The third-order valence-corrected chi connectivity index (χ3v) is 2.25. The van der Waals surface area contributed by atoms with Crippen molar-refractivity contribution in [3.63, 3.8) is 0 Å². The molecule has 15 heavy (non-hydrogen) atoms. The molecule has 0 heterocycles. The van der Waals surface area contributed by atoms with Gasteiger partial charge in [-0.3, -0.25) is 0 Å². The Morgan fingerprint density at radius 2 is 1.93 bits per heavy atom. The summed E-state index contributed by atoms with van der Waals surface area (Å²) in [5, 5.41) is 9.61. The molecule has 0 amide bonds. The number of hydrogen-bond acceptors (Lipinski definition) is 3. The molecule has 0 bridgehead atoms. The zero-order valence-corrected chi connectivity index (χ0v) is 9.31. The van der Waals surface area contributed by atoms with E-state index < -0.39 is 11.6 Å². The number of aliphatic hydroxyl groups is 1. The fourth-order valence-corrected chi connectivity index (χ4v) is 1.08. The van der Waals surface area contributed by atoms with Crippen LogP contribution in [0.5, 0.6) is 0 Å². The van der Waals surface area contributed by atoms with Crippen LogP contribution in [0.15, 0.2) is 30.3 Å². The van der Waals surface area contributed by atoms with Gasteiger partial charge < -0.3 is 15.6 Å². The first-order chi connectivity index (χ1) is 7.00. The van der Waals surface area contributed by atoms with Crippen LogP contribution >= 0.6 is 0 Å². The monoisotopic (exact) mass is 209 g/mol. The van der Waals surface area contributed by atoms with Gasteiger partial charge in [0.25, 0.3) is 0 Å². The van der Waals surface area contributed by atoms with Crippen molar-refractivity contribution in [3.8, 4) is 0 Å². The second-order valence-corrected chi connectivity index (χ2v) is 4.34. The summed E-state index contributed by atoms with van der Waals surface area (Å²) < 4.78 is 5.38. The quantitative estimate of drug-likeness (QED) is 0.768. The van der Waals surface area contributed by atoms with Crippen molar-refractivity contribution in [1.82, 2.24) is 0 Å². The Labute approximate surface area is 90.9 Å². The Balaban J connectivity index is 2.28. The van der Waals surface area contributed by atoms with E-state index >= 15 is 0 Å². The van der Waals surface area contributed by atoms with Gasteiger partial charge in [-0.15, -0.1) is 0 Å². The Morgan fingerprint density at radius 3 is 2.47 bits per heavy atom. The summed E-state index contributed by atoms with van der Waals surface area (Å²) in [6.07, 6.45) is -0.638. The Kier molecular flexibility index (Phi) is 4.27. The summed E-state index contributed by atoms with van der Waals surface area (Å²) in [5.74, 6) is 0. The standard InChI is InChI=1S/C12H19NO2/c1-12(2,13)11(14)9-15-8-10-6-4-3-5-7-10/h3-7,11,14H,8-9,13H2,1-2H3. The number of benzene rings is 1. The lowest BCUT2D eigenvalue weighted by Crippen LogP contribution is -2.47. The highest BCUT2D eigenvalue weighted by Gasteiger charge is 2.22. The topological polar surface area (TPSA) is 55.5 Å². The molecule has 0 aliphatic rings. The summed E-state index contributed by atoms with van der Waals surface area (Å²) in [7, 11) is 0. The van der Waals surface area contributed by atoms with Crippen molar-refractivity contribution in [1.29, 1.82) is 0 Å². The van der Waals surface area contributed by atoms with Crippen molar-refractivity contribution in [2.45, 2.75) is 32.1 Å². The van der Waals surface area contributed by atoms with Crippen molar-refractivity contribution in [2.24, 2.45) is 5.73 Å². The summed E-state index contributed by atoms with van der Waals surface area (Å²) >= 11 is 0. The van der Waals surface area contributed by atoms with Gasteiger partial charge in [-0.2, -0.15) is 0 Å². The van der Waals surface area contributed by atoms with Crippen LogP contribution in [0.25, 0.3) is 0 Å². The van der Waals surface area contributed by atoms with E-state index in [0.29, 0.717) is 6.61 Å². The first-order valence-electron chi connectivity index (χ1n) is 5.09. The van der Waals surface area contributed by atoms with Gasteiger partial charge in [-0.05, 0) is 19.4 Å². The normalized spacial score (nSPS) is 13.9. The molecule has 0 radical (unpaired) electrons. The first kappa shape index (κ1) is 12.2. The molecular formula is C12H19NO2. The number of rotatable bonds is 5. The summed E-state index contributed by atoms with van der Waals surface area (Å²) in [4.78, 5) is 0. The molecule has 0 spiro atoms. The minimum Gasteiger partial charge on any atom is -0.389 e. The van der Waals surface area contributed by atoms with Crippen LogP contribution < -0.4 is 5.73 Å². The number of ether oxygens (including phenoxy) is 1. The Hall–Kier alpha value is -0.900. The van der Waals surface area contributed by atoms with Gasteiger partial charge in [0, 0.05) is 5.54 Å². The smallest absolute Gasteiger partial charge is 0.0947 e. The lowest BCUT2D eigenvalue weighted by molar-refractivity contribution is -0.00333. The summed E-state index contributed by atoms with van der Waals surface area (Å²) in [6, 6.07) is 9.85. The number of aliphatic hydroxyl groups excluding tert-OH is 1. The average molecular weight is 209 g/mol. The van der Waals surface area contributed by atoms with Gasteiger partial charge in [0.2, 0.25) is 0 Å². The predicted molar refractivity (Wildman–Crippen MR) is 60.4 cm³/mol. The van der Waals surface area contributed by atoms with Crippen molar-refractivity contribution in [3.05, 3.63) is 35.9 Å². The van der Waals surface area contributed by atoms with Crippen molar-refractivity contribution in [2.75, 3.05) is 6.61 Å². The highest BCUT2D eigenvalue weighted by molar-refractivity contribution is 5.13. The molecular weight excluding hydrogens is 190 g/mol. The van der Waals surface area contributed by atoms with E-state index in [1.807, 2.05) is 30.3 Å². The molecule has 0 aromatic heterocycles. The van der Waals surface area contributed by atoms with Gasteiger partial charge in [0.1, 0.15) is 0 Å². The average Bonchev–Trinajstić information content (AvgIpc) is 2.18. The molecule has 84 valence electrons. The van der Waals surface area contributed by atoms with Crippen LogP contribution in [0.4, 0.5) is 0 Å². The highest BCUT2D eigenvalue weighted by Crippen LogP contribution is 2.07. The van der Waals surface area contributed by atoms with E-state index in [1.165, 1.54) is 0 Å². The third-order valence-electron chi connectivity index (χ3n) is 2.25. The predicted octanol–water partition coefficient (Wildman–Crippen LogP) is 1.30. The van der Waals surface area contributed by atoms with Gasteiger partial charge in [0.05, 0.1) is 19.3 Å². The fourth-order valence-electron chi connectivity index (χ4n) is 1.08. The molecule has 1 rings (SSSR count). The Bertz CT molecular complexity index is 279. The molecule has 0 aliphatic carbocycles. The lowest BCUT2D eigenvalue weighted by Gasteiger charge is -2.25. The molecule has 1 aromatic carbocycles. The van der Waals surface area contributed by atoms with Crippen molar-refractivity contribution < 1.29 is 9.84 Å². The molecule has 3 heteroatoms. The van der Waals surface area contributed by atoms with E-state index in [-0.39, 0.29) is 6.61 Å². The summed E-state index contributed by atoms with van der Waals surface area (Å²) in [5.41, 5.74) is 6.21. The van der Waals surface area contributed by atoms with Crippen LogP contribution in [0.2, 0.25) is 0 Å². The SMILES string of the molecule is CC(C)(N)C(O)COCc1ccccc1. The third kappa shape index (κ3) is 4.42. The van der Waals surface area contributed by atoms with Gasteiger partial charge in [-0.1, -0.05) is 30.3 Å². The second-order valence-electron chi connectivity index (χ2n) is 4.34. The number of hydrogen-bond donors (Lipinski definition) is 2. The van der Waals surface area contributed by atoms with Crippen LogP contribution in [0.3, 0.4) is 0 Å². The van der Waals surface area contributed by atoms with Crippen LogP contribution in [0.1, 0.15) is 19.4 Å². The zero-order valence-electron chi connectivity index (χ0n) is 9.31. The van der Waals surface area contributed by atoms with E-state index in [0.717, 1.165) is 5.56 Å². The zero-order chi connectivity index (χ0) is 11.3. The van der Waals surface area contributed by atoms with Gasteiger partial charge in [0.15, 0.2) is 0 Å². The largest absolute Gasteiger partial charge is 0.389 e. The van der Waals surface area contributed by atoms with Gasteiger partial charge in [-0.25, -0.2) is 0 Å². The van der Waals surface area contributed by atoms with Gasteiger partial charge >= 0.3 is 0 Å². The highest BCUT2D eigenvalue weighted by atomic mass is 16.5. The maximum atomic E-state index is 9.61. The van der Waals surface area contributed by atoms with Crippen LogP contribution in [0, 0.1) is 0 Å². The molecule has 0 aliphatic heterocycles. The van der Waals surface area contributed by atoms with Crippen LogP contribution in [-0.2, 0) is 11.3 Å². The molecule has 1 atom stereocenters. The molecule has 3 nitrogen and oxygen atoms in total. The molecule has 0 fully saturated rings. The van der Waals surface area contributed by atoms with E-state index in [1.54, 1.807) is 13.8 Å². The van der Waals surface area contributed by atoms with Crippen molar-refractivity contribution >= 4 is 0 Å². The molecule has 1 aromatic rings. The second kappa shape index (κ2) is 5.26. The molecule has 0 saturated heterocycles. The maximum absolute atomic E-state index is 9.61. The fraction of sp³-hybridized carbons (Fsp3) is 0.500. The number of nitrogens with two attached hydrogens (primary N) is 1. The van der Waals surface area contributed by atoms with Crippen LogP contribution in [-0.4, -0.2) is 23.4 Å². The Morgan fingerprint density at radius 1 is 1.33 bits per heavy atom. The first-order valence-corrected chi connectivity index (χ1v) is 5.09. The molecule has 3 N–H and O–H groups in total. The minimum absolute atomic E-state index is 0.262. The van der Waals surface area contributed by atoms with E-state index in [9.17, 15) is 5.11 Å². The van der Waals surface area contributed by atoms with E-state index in [4.69, 9.17) is 10.5 Å².